The summed E-state index contributed by atoms with van der Waals surface area (Å²) < 4.78 is 4.52. The highest BCUT2D eigenvalue weighted by Gasteiger charge is 2.15. The summed E-state index contributed by atoms with van der Waals surface area (Å²) in [7, 11) is 1.29. The van der Waals surface area contributed by atoms with Gasteiger partial charge in [-0.15, -0.1) is 0 Å². The Labute approximate surface area is 106 Å². The van der Waals surface area contributed by atoms with Gasteiger partial charge < -0.3 is 15.8 Å². The molecule has 0 saturated heterocycles. The van der Waals surface area contributed by atoms with Gasteiger partial charge in [0.1, 0.15) is 6.04 Å². The highest BCUT2D eigenvalue weighted by Crippen LogP contribution is 2.07. The second-order valence-corrected chi connectivity index (χ2v) is 4.05. The predicted molar refractivity (Wildman–Crippen MR) is 68.8 cm³/mol. The molecule has 0 aromatic heterocycles. The first-order valence-electron chi connectivity index (χ1n) is 5.74. The van der Waals surface area contributed by atoms with Crippen LogP contribution in [0.25, 0.3) is 0 Å². The minimum absolute atomic E-state index is 0.176. The molecule has 1 amide bonds. The second kappa shape index (κ2) is 6.64. The number of hydrogen-bond acceptors (Lipinski definition) is 4. The lowest BCUT2D eigenvalue weighted by Crippen LogP contribution is -2.39. The molecule has 0 aliphatic carbocycles. The van der Waals surface area contributed by atoms with E-state index in [4.69, 9.17) is 5.73 Å². The zero-order chi connectivity index (χ0) is 13.5. The predicted octanol–water partition coefficient (Wildman–Crippen LogP) is 0.879. The molecule has 1 atom stereocenters. The Morgan fingerprint density at radius 2 is 1.94 bits per heavy atom. The average molecular weight is 250 g/mol. The highest BCUT2D eigenvalue weighted by atomic mass is 16.5. The largest absolute Gasteiger partial charge is 0.467 e. The van der Waals surface area contributed by atoms with Crippen LogP contribution in [0.5, 0.6) is 0 Å². The van der Waals surface area contributed by atoms with Crippen molar-refractivity contribution in [2.45, 2.75) is 25.8 Å². The van der Waals surface area contributed by atoms with Crippen LogP contribution >= 0.6 is 0 Å². The normalized spacial score (nSPS) is 11.7. The van der Waals surface area contributed by atoms with Crippen LogP contribution in [-0.4, -0.2) is 25.0 Å². The number of carbonyl (C=O) groups excluding carboxylic acids is 2. The molecular weight excluding hydrogens is 232 g/mol. The molecule has 0 fully saturated rings. The quantitative estimate of drug-likeness (QED) is 0.600. The van der Waals surface area contributed by atoms with Gasteiger partial charge in [-0.25, -0.2) is 4.79 Å². The number of amides is 1. The van der Waals surface area contributed by atoms with Crippen LogP contribution in [0.2, 0.25) is 0 Å². The van der Waals surface area contributed by atoms with E-state index < -0.39 is 12.0 Å². The molecule has 0 bridgehead atoms. The molecule has 0 saturated carbocycles. The number of ether oxygens (including phenoxy) is 1. The first kappa shape index (κ1) is 14.0. The molecule has 98 valence electrons. The van der Waals surface area contributed by atoms with Gasteiger partial charge in [0.25, 0.3) is 0 Å². The van der Waals surface area contributed by atoms with Crippen molar-refractivity contribution in [3.05, 3.63) is 29.8 Å². The van der Waals surface area contributed by atoms with Crippen molar-refractivity contribution in [3.63, 3.8) is 0 Å². The van der Waals surface area contributed by atoms with Crippen molar-refractivity contribution < 1.29 is 14.3 Å². The Hall–Kier alpha value is -2.04. The minimum atomic E-state index is -0.617. The Kier molecular flexibility index (Phi) is 5.17. The van der Waals surface area contributed by atoms with Crippen LogP contribution in [0.4, 0.5) is 5.69 Å². The summed E-state index contributed by atoms with van der Waals surface area (Å²) in [5.41, 5.74) is 7.30. The van der Waals surface area contributed by atoms with Gasteiger partial charge in [0, 0.05) is 12.1 Å². The third kappa shape index (κ3) is 4.45. The summed E-state index contributed by atoms with van der Waals surface area (Å²) in [6.07, 6.45) is 0.936. The van der Waals surface area contributed by atoms with E-state index in [1.165, 1.54) is 7.11 Å². The van der Waals surface area contributed by atoms with E-state index in [2.05, 4.69) is 10.1 Å². The van der Waals surface area contributed by atoms with Crippen LogP contribution in [0.3, 0.4) is 0 Å². The smallest absolute Gasteiger partial charge is 0.328 e. The maximum atomic E-state index is 11.6. The molecule has 3 N–H and O–H groups in total. The van der Waals surface area contributed by atoms with Crippen molar-refractivity contribution in [3.8, 4) is 0 Å². The molecule has 5 heteroatoms. The first-order valence-corrected chi connectivity index (χ1v) is 5.74. The number of nitrogen functional groups attached to an aromatic ring is 1. The van der Waals surface area contributed by atoms with E-state index in [9.17, 15) is 9.59 Å². The molecule has 1 aromatic carbocycles. The molecule has 0 heterocycles. The Morgan fingerprint density at radius 1 is 1.33 bits per heavy atom. The lowest BCUT2D eigenvalue weighted by molar-refractivity contribution is -0.144. The zero-order valence-corrected chi connectivity index (χ0v) is 10.6. The number of methoxy groups -OCH3 is 1. The van der Waals surface area contributed by atoms with Gasteiger partial charge in [-0.05, 0) is 31.0 Å². The molecule has 1 aromatic rings. The number of benzene rings is 1. The number of nitrogens with two attached hydrogens (primary N) is 1. The molecule has 1 rings (SSSR count). The third-order valence-corrected chi connectivity index (χ3v) is 2.55. The fourth-order valence-corrected chi connectivity index (χ4v) is 1.49. The second-order valence-electron chi connectivity index (χ2n) is 4.05. The topological polar surface area (TPSA) is 81.4 Å². The summed E-state index contributed by atoms with van der Waals surface area (Å²) >= 11 is 0. The van der Waals surface area contributed by atoms with Gasteiger partial charge in [-0.2, -0.15) is 0 Å². The van der Waals surface area contributed by atoms with Crippen molar-refractivity contribution in [1.29, 1.82) is 0 Å². The van der Waals surface area contributed by atoms with E-state index in [1.54, 1.807) is 19.1 Å². The third-order valence-electron chi connectivity index (χ3n) is 2.55. The van der Waals surface area contributed by atoms with E-state index >= 15 is 0 Å². The van der Waals surface area contributed by atoms with Crippen molar-refractivity contribution in [2.24, 2.45) is 0 Å². The lowest BCUT2D eigenvalue weighted by atomic mass is 10.1. The zero-order valence-electron chi connectivity index (χ0n) is 10.6. The van der Waals surface area contributed by atoms with Gasteiger partial charge in [0.15, 0.2) is 0 Å². The van der Waals surface area contributed by atoms with Crippen LogP contribution in [-0.2, 0) is 20.7 Å². The summed E-state index contributed by atoms with van der Waals surface area (Å²) in [5, 5.41) is 2.57. The van der Waals surface area contributed by atoms with Gasteiger partial charge >= 0.3 is 5.97 Å². The Balaban J connectivity index is 2.37. The standard InChI is InChI=1S/C13H18N2O3/c1-9(13(17)18-2)15-12(16)8-5-10-3-6-11(14)7-4-10/h3-4,6-7,9H,5,8,14H2,1-2H3,(H,15,16)/t9-/m0/s1. The van der Waals surface area contributed by atoms with Gasteiger partial charge in [0.2, 0.25) is 5.91 Å². The summed E-state index contributed by atoms with van der Waals surface area (Å²) in [6, 6.07) is 6.74. The molecule has 0 aliphatic heterocycles. The molecule has 0 unspecified atom stereocenters. The number of hydrogen-bond donors (Lipinski definition) is 2. The Morgan fingerprint density at radius 3 is 2.50 bits per heavy atom. The number of aryl methyl sites for hydroxylation is 1. The molecule has 18 heavy (non-hydrogen) atoms. The van der Waals surface area contributed by atoms with Gasteiger partial charge in [-0.1, -0.05) is 12.1 Å². The molecular formula is C13H18N2O3. The minimum Gasteiger partial charge on any atom is -0.467 e. The monoisotopic (exact) mass is 250 g/mol. The van der Waals surface area contributed by atoms with E-state index in [0.717, 1.165) is 5.56 Å². The fourth-order valence-electron chi connectivity index (χ4n) is 1.49. The Bertz CT molecular complexity index is 415. The SMILES string of the molecule is COC(=O)[C@H](C)NC(=O)CCc1ccc(N)cc1. The van der Waals surface area contributed by atoms with E-state index in [1.807, 2.05) is 12.1 Å². The van der Waals surface area contributed by atoms with Crippen LogP contribution in [0, 0.1) is 0 Å². The molecule has 0 radical (unpaired) electrons. The summed E-state index contributed by atoms with van der Waals surface area (Å²) in [4.78, 5) is 22.7. The molecule has 5 nitrogen and oxygen atoms in total. The average Bonchev–Trinajstić information content (AvgIpc) is 2.37. The molecule has 0 aliphatic rings. The number of anilines is 1. The van der Waals surface area contributed by atoms with E-state index in [-0.39, 0.29) is 5.91 Å². The molecule has 0 spiro atoms. The first-order chi connectivity index (χ1) is 8.52. The highest BCUT2D eigenvalue weighted by molar-refractivity contribution is 5.84. The number of carbonyl (C=O) groups is 2. The van der Waals surface area contributed by atoms with Gasteiger partial charge in [-0.3, -0.25) is 4.79 Å². The number of esters is 1. The maximum Gasteiger partial charge on any atom is 0.328 e. The maximum absolute atomic E-state index is 11.6. The fraction of sp³-hybridized carbons (Fsp3) is 0.385. The number of rotatable bonds is 5. The number of nitrogens with one attached hydrogen (secondary N) is 1. The van der Waals surface area contributed by atoms with Gasteiger partial charge in [0.05, 0.1) is 7.11 Å². The van der Waals surface area contributed by atoms with Crippen molar-refractivity contribution in [2.75, 3.05) is 12.8 Å². The van der Waals surface area contributed by atoms with Crippen LogP contribution in [0.1, 0.15) is 18.9 Å². The van der Waals surface area contributed by atoms with Crippen LogP contribution in [0.15, 0.2) is 24.3 Å². The van der Waals surface area contributed by atoms with Crippen molar-refractivity contribution >= 4 is 17.6 Å². The summed E-state index contributed by atoms with van der Waals surface area (Å²) in [5.74, 6) is -0.624. The van der Waals surface area contributed by atoms with Crippen LogP contribution < -0.4 is 11.1 Å². The lowest BCUT2D eigenvalue weighted by Gasteiger charge is -2.11. The van der Waals surface area contributed by atoms with Crippen molar-refractivity contribution in [1.82, 2.24) is 5.32 Å². The summed E-state index contributed by atoms with van der Waals surface area (Å²) in [6.45, 7) is 1.59. The van der Waals surface area contributed by atoms with E-state index in [0.29, 0.717) is 18.5 Å².